The maximum Gasteiger partial charge on any atom is 0.232 e. The van der Waals surface area contributed by atoms with E-state index in [4.69, 9.17) is 0 Å². The van der Waals surface area contributed by atoms with E-state index in [-0.39, 0.29) is 5.91 Å². The van der Waals surface area contributed by atoms with Gasteiger partial charge in [0.15, 0.2) is 0 Å². The molecule has 1 aromatic rings. The molecule has 1 saturated heterocycles. The van der Waals surface area contributed by atoms with E-state index in [1.807, 2.05) is 20.9 Å². The highest BCUT2D eigenvalue weighted by Gasteiger charge is 2.35. The van der Waals surface area contributed by atoms with E-state index >= 15 is 0 Å². The van der Waals surface area contributed by atoms with Crippen molar-refractivity contribution in [1.82, 2.24) is 10.2 Å². The van der Waals surface area contributed by atoms with Gasteiger partial charge in [-0.2, -0.15) is 0 Å². The molecule has 2 rings (SSSR count). The highest BCUT2D eigenvalue weighted by Crippen LogP contribution is 2.28. The van der Waals surface area contributed by atoms with Gasteiger partial charge in [0, 0.05) is 13.1 Å². The third-order valence-electron chi connectivity index (χ3n) is 4.61. The Morgan fingerprint density at radius 1 is 1.33 bits per heavy atom. The Balaban J connectivity index is 2.11. The number of nitrogens with zero attached hydrogens (tertiary/aromatic N) is 1. The minimum Gasteiger partial charge on any atom is -0.342 e. The maximum absolute atomic E-state index is 13.0. The molecule has 0 bridgehead atoms. The fraction of sp³-hybridized carbons (Fsp3) is 0.611. The number of piperidine rings is 1. The molecule has 0 aromatic heterocycles. The Bertz CT molecular complexity index is 476. The molecule has 1 heterocycles. The van der Waals surface area contributed by atoms with Gasteiger partial charge in [-0.05, 0) is 58.7 Å². The van der Waals surface area contributed by atoms with Crippen molar-refractivity contribution in [1.29, 1.82) is 0 Å². The summed E-state index contributed by atoms with van der Waals surface area (Å²) in [5.74, 6) is 0.841. The monoisotopic (exact) mass is 288 g/mol. The van der Waals surface area contributed by atoms with Gasteiger partial charge in [-0.25, -0.2) is 0 Å². The van der Waals surface area contributed by atoms with Crippen molar-refractivity contribution in [3.05, 3.63) is 35.4 Å². The zero-order chi connectivity index (χ0) is 15.5. The van der Waals surface area contributed by atoms with Crippen LogP contribution < -0.4 is 5.32 Å². The van der Waals surface area contributed by atoms with Gasteiger partial charge in [0.05, 0.1) is 5.41 Å². The number of benzene rings is 1. The molecule has 3 nitrogen and oxygen atoms in total. The van der Waals surface area contributed by atoms with Crippen molar-refractivity contribution in [2.24, 2.45) is 5.92 Å². The Morgan fingerprint density at radius 2 is 2.00 bits per heavy atom. The average Bonchev–Trinajstić information content (AvgIpc) is 2.47. The molecule has 0 spiro atoms. The number of nitrogens with one attached hydrogen (secondary N) is 1. The third kappa shape index (κ3) is 3.65. The zero-order valence-corrected chi connectivity index (χ0v) is 13.8. The van der Waals surface area contributed by atoms with E-state index in [1.165, 1.54) is 12.0 Å². The lowest BCUT2D eigenvalue weighted by molar-refractivity contribution is -0.138. The molecule has 0 radical (unpaired) electrons. The number of hydrogen-bond acceptors (Lipinski definition) is 2. The molecule has 1 N–H and O–H groups in total. The second-order valence-electron chi connectivity index (χ2n) is 6.81. The Hall–Kier alpha value is -1.35. The molecule has 116 valence electrons. The van der Waals surface area contributed by atoms with Crippen LogP contribution in [0.4, 0.5) is 0 Å². The number of likely N-dealkylation sites (tertiary alicyclic amines) is 1. The lowest BCUT2D eigenvalue weighted by atomic mass is 9.82. The first-order valence-corrected chi connectivity index (χ1v) is 7.96. The quantitative estimate of drug-likeness (QED) is 0.924. The number of carbonyl (C=O) groups excluding carboxylic acids is 1. The summed E-state index contributed by atoms with van der Waals surface area (Å²) in [6, 6.07) is 8.35. The molecule has 1 atom stereocenters. The van der Waals surface area contributed by atoms with Gasteiger partial charge in [-0.3, -0.25) is 4.79 Å². The molecular weight excluding hydrogens is 260 g/mol. The van der Waals surface area contributed by atoms with Crippen LogP contribution in [0, 0.1) is 12.8 Å². The number of carbonyl (C=O) groups is 1. The topological polar surface area (TPSA) is 32.3 Å². The van der Waals surface area contributed by atoms with Crippen LogP contribution in [0.15, 0.2) is 24.3 Å². The molecule has 1 aromatic carbocycles. The summed E-state index contributed by atoms with van der Waals surface area (Å²) in [6.07, 6.45) is 2.33. The SMILES string of the molecule is CNCC1CCCN(C(=O)C(C)(C)c2ccc(C)cc2)C1. The van der Waals surface area contributed by atoms with Crippen molar-refractivity contribution < 1.29 is 4.79 Å². The van der Waals surface area contributed by atoms with Crippen LogP contribution >= 0.6 is 0 Å². The summed E-state index contributed by atoms with van der Waals surface area (Å²) >= 11 is 0. The minimum absolute atomic E-state index is 0.257. The molecule has 3 heteroatoms. The molecule has 21 heavy (non-hydrogen) atoms. The van der Waals surface area contributed by atoms with Crippen LogP contribution in [0.25, 0.3) is 0 Å². The van der Waals surface area contributed by atoms with Gasteiger partial charge in [-0.1, -0.05) is 29.8 Å². The molecule has 1 fully saturated rings. The first kappa shape index (κ1) is 16.0. The molecular formula is C18H28N2O. The summed E-state index contributed by atoms with van der Waals surface area (Å²) in [5, 5.41) is 3.24. The van der Waals surface area contributed by atoms with Gasteiger partial charge < -0.3 is 10.2 Å². The van der Waals surface area contributed by atoms with E-state index in [1.54, 1.807) is 0 Å². The summed E-state index contributed by atoms with van der Waals surface area (Å²) < 4.78 is 0. The van der Waals surface area contributed by atoms with Crippen LogP contribution in [0.3, 0.4) is 0 Å². The van der Waals surface area contributed by atoms with Crippen molar-refractivity contribution in [2.45, 2.75) is 39.0 Å². The standard InChI is InChI=1S/C18H28N2O/c1-14-7-9-16(10-8-14)18(2,3)17(21)20-11-5-6-15(13-20)12-19-4/h7-10,15,19H,5-6,11-13H2,1-4H3. The van der Waals surface area contributed by atoms with E-state index in [0.717, 1.165) is 31.6 Å². The fourth-order valence-corrected chi connectivity index (χ4v) is 3.19. The highest BCUT2D eigenvalue weighted by atomic mass is 16.2. The maximum atomic E-state index is 13.0. The molecule has 0 saturated carbocycles. The van der Waals surface area contributed by atoms with Crippen molar-refractivity contribution in [3.8, 4) is 0 Å². The number of aryl methyl sites for hydroxylation is 1. The average molecular weight is 288 g/mol. The lowest BCUT2D eigenvalue weighted by Gasteiger charge is -2.38. The van der Waals surface area contributed by atoms with Crippen LogP contribution in [-0.2, 0) is 10.2 Å². The molecule has 1 amide bonds. The predicted molar refractivity (Wildman–Crippen MR) is 87.4 cm³/mol. The van der Waals surface area contributed by atoms with Gasteiger partial charge in [0.25, 0.3) is 0 Å². The van der Waals surface area contributed by atoms with Crippen LogP contribution in [0.1, 0.15) is 37.8 Å². The van der Waals surface area contributed by atoms with Crippen LogP contribution in [-0.4, -0.2) is 37.5 Å². The molecule has 0 aliphatic carbocycles. The Kier molecular flexibility index (Phi) is 5.04. The van der Waals surface area contributed by atoms with Crippen molar-refractivity contribution >= 4 is 5.91 Å². The largest absolute Gasteiger partial charge is 0.342 e. The second kappa shape index (κ2) is 6.61. The van der Waals surface area contributed by atoms with Gasteiger partial charge >= 0.3 is 0 Å². The van der Waals surface area contributed by atoms with E-state index in [9.17, 15) is 4.79 Å². The molecule has 1 unspecified atom stereocenters. The fourth-order valence-electron chi connectivity index (χ4n) is 3.19. The highest BCUT2D eigenvalue weighted by molar-refractivity contribution is 5.87. The van der Waals surface area contributed by atoms with E-state index < -0.39 is 5.41 Å². The van der Waals surface area contributed by atoms with E-state index in [2.05, 4.69) is 41.4 Å². The lowest BCUT2D eigenvalue weighted by Crippen LogP contribution is -2.49. The number of hydrogen-bond donors (Lipinski definition) is 1. The first-order chi connectivity index (χ1) is 9.95. The second-order valence-corrected chi connectivity index (χ2v) is 6.81. The minimum atomic E-state index is -0.449. The summed E-state index contributed by atoms with van der Waals surface area (Å²) in [5.41, 5.74) is 1.89. The Morgan fingerprint density at radius 3 is 2.62 bits per heavy atom. The van der Waals surface area contributed by atoms with Gasteiger partial charge in [0.1, 0.15) is 0 Å². The number of amides is 1. The first-order valence-electron chi connectivity index (χ1n) is 7.96. The summed E-state index contributed by atoms with van der Waals surface area (Å²) in [4.78, 5) is 15.0. The zero-order valence-electron chi connectivity index (χ0n) is 13.8. The van der Waals surface area contributed by atoms with Crippen molar-refractivity contribution in [2.75, 3.05) is 26.7 Å². The van der Waals surface area contributed by atoms with Crippen LogP contribution in [0.5, 0.6) is 0 Å². The normalized spacial score (nSPS) is 19.6. The molecule has 1 aliphatic rings. The van der Waals surface area contributed by atoms with Gasteiger partial charge in [0.2, 0.25) is 5.91 Å². The summed E-state index contributed by atoms with van der Waals surface area (Å²) in [6.45, 7) is 8.94. The number of rotatable bonds is 4. The van der Waals surface area contributed by atoms with Crippen LogP contribution in [0.2, 0.25) is 0 Å². The predicted octanol–water partition coefficient (Wildman–Crippen LogP) is 2.73. The molecule has 1 aliphatic heterocycles. The van der Waals surface area contributed by atoms with Crippen molar-refractivity contribution in [3.63, 3.8) is 0 Å². The smallest absolute Gasteiger partial charge is 0.232 e. The summed E-state index contributed by atoms with van der Waals surface area (Å²) in [7, 11) is 1.98. The third-order valence-corrected chi connectivity index (χ3v) is 4.61. The van der Waals surface area contributed by atoms with Gasteiger partial charge in [-0.15, -0.1) is 0 Å². The Labute approximate surface area is 128 Å². The van der Waals surface area contributed by atoms with E-state index in [0.29, 0.717) is 5.92 Å².